The Morgan fingerprint density at radius 1 is 1.50 bits per heavy atom. The van der Waals surface area contributed by atoms with Crippen LogP contribution in [0.1, 0.15) is 24.2 Å². The summed E-state index contributed by atoms with van der Waals surface area (Å²) < 4.78 is 0. The van der Waals surface area contributed by atoms with Gasteiger partial charge in [0.25, 0.3) is 5.69 Å². The second kappa shape index (κ2) is 6.06. The minimum atomic E-state index is -1.32. The molecule has 0 amide bonds. The highest BCUT2D eigenvalue weighted by Crippen LogP contribution is 2.32. The first-order valence-corrected chi connectivity index (χ1v) is 6.12. The first-order chi connectivity index (χ1) is 9.18. The molecule has 8 heteroatoms. The van der Waals surface area contributed by atoms with Gasteiger partial charge in [-0.25, -0.2) is 4.79 Å². The summed E-state index contributed by atoms with van der Waals surface area (Å²) in [5.74, 6) is -1.32. The maximum atomic E-state index is 11.2. The van der Waals surface area contributed by atoms with Gasteiger partial charge in [-0.1, -0.05) is 25.4 Å². The standard InChI is InChI=1S/C12H15ClN2O5/c1-12(2,6-16)5-14-10-8(11(17)18)3-7(15(19)20)4-9(10)13/h3-4,14,16H,5-6H2,1-2H3,(H,17,18). The number of aliphatic hydroxyl groups excluding tert-OH is 1. The summed E-state index contributed by atoms with van der Waals surface area (Å²) in [6.07, 6.45) is 0. The number of non-ortho nitro benzene ring substituents is 1. The van der Waals surface area contributed by atoms with E-state index in [-0.39, 0.29) is 35.1 Å². The predicted octanol–water partition coefficient (Wildman–Crippen LogP) is 2.38. The molecule has 20 heavy (non-hydrogen) atoms. The molecule has 0 saturated heterocycles. The number of rotatable bonds is 6. The van der Waals surface area contributed by atoms with Crippen LogP contribution in [0.2, 0.25) is 5.02 Å². The highest BCUT2D eigenvalue weighted by atomic mass is 35.5. The van der Waals surface area contributed by atoms with Crippen LogP contribution in [0.25, 0.3) is 0 Å². The number of carbonyl (C=O) groups is 1. The van der Waals surface area contributed by atoms with E-state index in [1.165, 1.54) is 0 Å². The largest absolute Gasteiger partial charge is 0.478 e. The molecule has 7 nitrogen and oxygen atoms in total. The van der Waals surface area contributed by atoms with Gasteiger partial charge in [-0.05, 0) is 0 Å². The monoisotopic (exact) mass is 302 g/mol. The number of nitrogens with one attached hydrogen (secondary N) is 1. The number of carboxylic acid groups (broad SMARTS) is 1. The Balaban J connectivity index is 3.18. The molecule has 1 aromatic rings. The molecular formula is C12H15ClN2O5. The third-order valence-corrected chi connectivity index (χ3v) is 2.99. The lowest BCUT2D eigenvalue weighted by Gasteiger charge is -2.23. The van der Waals surface area contributed by atoms with Crippen LogP contribution in [0.15, 0.2) is 12.1 Å². The Bertz CT molecular complexity index is 545. The lowest BCUT2D eigenvalue weighted by molar-refractivity contribution is -0.384. The Labute approximate surface area is 120 Å². The van der Waals surface area contributed by atoms with E-state index in [2.05, 4.69) is 5.32 Å². The molecule has 0 aliphatic heterocycles. The summed E-state index contributed by atoms with van der Waals surface area (Å²) in [5.41, 5.74) is -1.05. The molecule has 0 fully saturated rings. The van der Waals surface area contributed by atoms with Crippen LogP contribution in [-0.2, 0) is 0 Å². The minimum absolute atomic E-state index is 0.0506. The van der Waals surface area contributed by atoms with Gasteiger partial charge in [0.15, 0.2) is 0 Å². The number of aromatic carboxylic acids is 1. The fourth-order valence-corrected chi connectivity index (χ4v) is 1.71. The van der Waals surface area contributed by atoms with E-state index >= 15 is 0 Å². The molecular weight excluding hydrogens is 288 g/mol. The Kier molecular flexibility index (Phi) is 4.91. The highest BCUT2D eigenvalue weighted by Gasteiger charge is 2.22. The smallest absolute Gasteiger partial charge is 0.338 e. The summed E-state index contributed by atoms with van der Waals surface area (Å²) >= 11 is 5.90. The number of anilines is 1. The molecule has 0 spiro atoms. The molecule has 0 unspecified atom stereocenters. The van der Waals surface area contributed by atoms with Crippen molar-refractivity contribution in [1.82, 2.24) is 0 Å². The van der Waals surface area contributed by atoms with Crippen molar-refractivity contribution in [3.63, 3.8) is 0 Å². The van der Waals surface area contributed by atoms with E-state index in [9.17, 15) is 14.9 Å². The van der Waals surface area contributed by atoms with Crippen molar-refractivity contribution in [2.75, 3.05) is 18.5 Å². The van der Waals surface area contributed by atoms with Gasteiger partial charge in [0, 0.05) is 30.7 Å². The van der Waals surface area contributed by atoms with E-state index in [1.807, 2.05) is 0 Å². The number of nitro groups is 1. The molecule has 0 heterocycles. The Hall–Kier alpha value is -1.86. The van der Waals surface area contributed by atoms with Crippen LogP contribution in [-0.4, -0.2) is 34.3 Å². The zero-order chi connectivity index (χ0) is 15.5. The lowest BCUT2D eigenvalue weighted by atomic mass is 9.94. The first-order valence-electron chi connectivity index (χ1n) is 5.74. The number of nitrogens with zero attached hydrogens (tertiary/aromatic N) is 1. The van der Waals surface area contributed by atoms with Crippen LogP contribution < -0.4 is 5.32 Å². The van der Waals surface area contributed by atoms with Crippen molar-refractivity contribution in [1.29, 1.82) is 0 Å². The average molecular weight is 303 g/mol. The normalized spacial score (nSPS) is 11.2. The van der Waals surface area contributed by atoms with Gasteiger partial charge in [0.1, 0.15) is 0 Å². The van der Waals surface area contributed by atoms with Crippen LogP contribution >= 0.6 is 11.6 Å². The molecule has 1 rings (SSSR count). The molecule has 0 atom stereocenters. The average Bonchev–Trinajstić information content (AvgIpc) is 2.36. The molecule has 3 N–H and O–H groups in total. The number of hydrogen-bond donors (Lipinski definition) is 3. The first kappa shape index (κ1) is 16.2. The number of nitro benzene ring substituents is 1. The number of halogens is 1. The minimum Gasteiger partial charge on any atom is -0.478 e. The topological polar surface area (TPSA) is 113 Å². The third kappa shape index (κ3) is 3.82. The molecule has 0 saturated carbocycles. The van der Waals surface area contributed by atoms with E-state index in [4.69, 9.17) is 21.8 Å². The van der Waals surface area contributed by atoms with Gasteiger partial charge in [0.2, 0.25) is 0 Å². The summed E-state index contributed by atoms with van der Waals surface area (Å²) in [5, 5.41) is 31.7. The number of benzene rings is 1. The lowest BCUT2D eigenvalue weighted by Crippen LogP contribution is -2.27. The SMILES string of the molecule is CC(C)(CO)CNc1c(Cl)cc([N+](=O)[O-])cc1C(=O)O. The van der Waals surface area contributed by atoms with Crippen molar-refractivity contribution in [3.05, 3.63) is 32.8 Å². The van der Waals surface area contributed by atoms with Crippen LogP contribution in [0.3, 0.4) is 0 Å². The summed E-state index contributed by atoms with van der Waals surface area (Å²) in [4.78, 5) is 21.2. The van der Waals surface area contributed by atoms with Crippen LogP contribution in [0.4, 0.5) is 11.4 Å². The summed E-state index contributed by atoms with van der Waals surface area (Å²) in [7, 11) is 0. The van der Waals surface area contributed by atoms with E-state index in [1.54, 1.807) is 13.8 Å². The summed E-state index contributed by atoms with van der Waals surface area (Å²) in [6, 6.07) is 2.03. The van der Waals surface area contributed by atoms with E-state index in [0.717, 1.165) is 12.1 Å². The highest BCUT2D eigenvalue weighted by molar-refractivity contribution is 6.34. The predicted molar refractivity (Wildman–Crippen MR) is 74.4 cm³/mol. The molecule has 0 aromatic heterocycles. The summed E-state index contributed by atoms with van der Waals surface area (Å²) in [6.45, 7) is 3.72. The number of aliphatic hydroxyl groups is 1. The van der Waals surface area contributed by atoms with Crippen molar-refractivity contribution in [3.8, 4) is 0 Å². The van der Waals surface area contributed by atoms with Crippen molar-refractivity contribution in [2.45, 2.75) is 13.8 Å². The Morgan fingerprint density at radius 3 is 2.55 bits per heavy atom. The van der Waals surface area contributed by atoms with Gasteiger partial charge in [-0.15, -0.1) is 0 Å². The second-order valence-corrected chi connectivity index (χ2v) is 5.50. The quantitative estimate of drug-likeness (QED) is 0.549. The third-order valence-electron chi connectivity index (χ3n) is 2.69. The van der Waals surface area contributed by atoms with Crippen molar-refractivity contribution >= 4 is 28.9 Å². The number of carboxylic acids is 1. The van der Waals surface area contributed by atoms with Crippen LogP contribution in [0.5, 0.6) is 0 Å². The van der Waals surface area contributed by atoms with Crippen molar-refractivity contribution < 1.29 is 19.9 Å². The molecule has 1 aromatic carbocycles. The maximum Gasteiger partial charge on any atom is 0.338 e. The molecule has 0 radical (unpaired) electrons. The number of hydrogen-bond acceptors (Lipinski definition) is 5. The van der Waals surface area contributed by atoms with Crippen LogP contribution in [0, 0.1) is 15.5 Å². The Morgan fingerprint density at radius 2 is 2.10 bits per heavy atom. The van der Waals surface area contributed by atoms with Gasteiger partial charge >= 0.3 is 5.97 Å². The van der Waals surface area contributed by atoms with E-state index < -0.39 is 16.3 Å². The van der Waals surface area contributed by atoms with Gasteiger partial charge < -0.3 is 15.5 Å². The zero-order valence-electron chi connectivity index (χ0n) is 11.0. The maximum absolute atomic E-state index is 11.2. The van der Waals surface area contributed by atoms with Gasteiger partial charge in [0.05, 0.1) is 21.2 Å². The molecule has 0 aliphatic rings. The fourth-order valence-electron chi connectivity index (χ4n) is 1.43. The fraction of sp³-hybridized carbons (Fsp3) is 0.417. The zero-order valence-corrected chi connectivity index (χ0v) is 11.8. The van der Waals surface area contributed by atoms with E-state index in [0.29, 0.717) is 0 Å². The molecule has 0 aliphatic carbocycles. The van der Waals surface area contributed by atoms with Gasteiger partial charge in [-0.2, -0.15) is 0 Å². The van der Waals surface area contributed by atoms with Crippen molar-refractivity contribution in [2.24, 2.45) is 5.41 Å². The second-order valence-electron chi connectivity index (χ2n) is 5.09. The molecule has 110 valence electrons. The van der Waals surface area contributed by atoms with Gasteiger partial charge in [-0.3, -0.25) is 10.1 Å². The molecule has 0 bridgehead atoms.